The summed E-state index contributed by atoms with van der Waals surface area (Å²) in [5, 5.41) is 10.8. The second-order valence-corrected chi connectivity index (χ2v) is 19.5. The summed E-state index contributed by atoms with van der Waals surface area (Å²) in [6.45, 7) is 35.1. The maximum Gasteiger partial charge on any atom is 0.324 e. The molecule has 1 aromatic heterocycles. The van der Waals surface area contributed by atoms with Gasteiger partial charge >= 0.3 is 6.92 Å². The SMILES string of the molecule is CB(OC(C)(C)C(C)(C)O)c1ccc(F)c(-c2nc(-c3cc(C(C)(C)C)cc(C(C)(C)C)c3)nc(-c3cc(C(C)(C)C)cc(C(C)(C)C)c3)n2)c1. The zero-order valence-corrected chi connectivity index (χ0v) is 34.3. The van der Waals surface area contributed by atoms with Gasteiger partial charge in [-0.3, -0.25) is 0 Å². The fourth-order valence-electron chi connectivity index (χ4n) is 5.62. The summed E-state index contributed by atoms with van der Waals surface area (Å²) in [5.41, 5.74) is 4.99. The number of nitrogens with zero attached hydrogens (tertiary/aromatic N) is 3. The Kier molecular flexibility index (Phi) is 10.7. The van der Waals surface area contributed by atoms with Crippen LogP contribution in [0.25, 0.3) is 34.2 Å². The Morgan fingerprint density at radius 3 is 1.22 bits per heavy atom. The predicted octanol–water partition coefficient (Wildman–Crippen LogP) is 10.6. The molecule has 0 aliphatic rings. The number of hydrogen-bond acceptors (Lipinski definition) is 5. The second kappa shape index (κ2) is 13.5. The van der Waals surface area contributed by atoms with Crippen molar-refractivity contribution in [1.29, 1.82) is 0 Å². The lowest BCUT2D eigenvalue weighted by atomic mass is 9.62. The highest BCUT2D eigenvalue weighted by atomic mass is 19.1. The van der Waals surface area contributed by atoms with Crippen molar-refractivity contribution < 1.29 is 14.2 Å². The molecule has 0 saturated heterocycles. The van der Waals surface area contributed by atoms with Crippen LogP contribution in [0.1, 0.15) is 133 Å². The van der Waals surface area contributed by atoms with Crippen molar-refractivity contribution in [2.45, 2.75) is 150 Å². The molecule has 0 spiro atoms. The fraction of sp³-hybridized carbons (Fsp3) is 0.523. The molecule has 1 N–H and O–H groups in total. The molecule has 4 aromatic rings. The molecule has 0 aliphatic carbocycles. The lowest BCUT2D eigenvalue weighted by Gasteiger charge is -2.39. The summed E-state index contributed by atoms with van der Waals surface area (Å²) in [5.74, 6) is 0.790. The van der Waals surface area contributed by atoms with Gasteiger partial charge in [0, 0.05) is 11.1 Å². The average molecular weight is 694 g/mol. The molecule has 0 fully saturated rings. The highest BCUT2D eigenvalue weighted by Gasteiger charge is 2.38. The van der Waals surface area contributed by atoms with E-state index in [9.17, 15) is 5.11 Å². The van der Waals surface area contributed by atoms with Crippen molar-refractivity contribution in [3.63, 3.8) is 0 Å². The molecule has 0 saturated carbocycles. The summed E-state index contributed by atoms with van der Waals surface area (Å²) < 4.78 is 22.4. The first kappa shape index (κ1) is 40.4. The molecule has 7 heteroatoms. The monoisotopic (exact) mass is 693 g/mol. The van der Waals surface area contributed by atoms with E-state index in [1.807, 2.05) is 20.7 Å². The van der Waals surface area contributed by atoms with Crippen LogP contribution in [0, 0.1) is 5.82 Å². The van der Waals surface area contributed by atoms with Crippen molar-refractivity contribution in [2.75, 3.05) is 0 Å². The van der Waals surface area contributed by atoms with Gasteiger partial charge in [0.2, 0.25) is 0 Å². The van der Waals surface area contributed by atoms with E-state index in [0.29, 0.717) is 11.6 Å². The van der Waals surface area contributed by atoms with E-state index in [1.165, 1.54) is 28.3 Å². The van der Waals surface area contributed by atoms with Gasteiger partial charge in [0.15, 0.2) is 17.5 Å². The van der Waals surface area contributed by atoms with Crippen molar-refractivity contribution in [3.05, 3.63) is 82.7 Å². The first-order valence-corrected chi connectivity index (χ1v) is 18.3. The molecule has 51 heavy (non-hydrogen) atoms. The lowest BCUT2D eigenvalue weighted by molar-refractivity contribution is -0.0918. The molecule has 4 rings (SSSR count). The van der Waals surface area contributed by atoms with Gasteiger partial charge in [-0.15, -0.1) is 0 Å². The van der Waals surface area contributed by atoms with Gasteiger partial charge in [-0.1, -0.05) is 114 Å². The number of aromatic nitrogens is 3. The summed E-state index contributed by atoms with van der Waals surface area (Å²) in [6.07, 6.45) is 0. The van der Waals surface area contributed by atoms with Crippen LogP contribution < -0.4 is 5.46 Å². The van der Waals surface area contributed by atoms with E-state index in [2.05, 4.69) is 119 Å². The lowest BCUT2D eigenvalue weighted by Crippen LogP contribution is -2.52. The van der Waals surface area contributed by atoms with Gasteiger partial charge in [0.25, 0.3) is 0 Å². The van der Waals surface area contributed by atoms with Gasteiger partial charge < -0.3 is 9.76 Å². The van der Waals surface area contributed by atoms with E-state index in [0.717, 1.165) is 16.6 Å². The summed E-state index contributed by atoms with van der Waals surface area (Å²) >= 11 is 0. The minimum absolute atomic E-state index is 0.120. The molecule has 0 radical (unpaired) electrons. The van der Waals surface area contributed by atoms with Crippen LogP contribution >= 0.6 is 0 Å². The van der Waals surface area contributed by atoms with Crippen LogP contribution in [0.2, 0.25) is 6.82 Å². The zero-order valence-electron chi connectivity index (χ0n) is 34.3. The fourth-order valence-corrected chi connectivity index (χ4v) is 5.62. The molecule has 5 nitrogen and oxygen atoms in total. The highest BCUT2D eigenvalue weighted by Crippen LogP contribution is 2.37. The molecule has 0 aliphatic heterocycles. The summed E-state index contributed by atoms with van der Waals surface area (Å²) in [7, 11) is 0. The van der Waals surface area contributed by atoms with Crippen molar-refractivity contribution in [1.82, 2.24) is 15.0 Å². The number of rotatable bonds is 7. The van der Waals surface area contributed by atoms with Crippen molar-refractivity contribution in [2.24, 2.45) is 0 Å². The standard InChI is InChI=1S/C44H61BFN3O2/c1-39(2,3)29-20-27(21-30(24-29)40(4,5)6)36-47-37(28-22-31(41(7,8)9)25-32(23-28)42(10,11)12)49-38(48-36)34-26-33(18-19-35(34)46)45(17)51-44(15,16)43(13,14)50/h18-26,50H,1-17H3. The highest BCUT2D eigenvalue weighted by molar-refractivity contribution is 6.66. The number of benzene rings is 3. The number of halogens is 1. The molecule has 1 heterocycles. The van der Waals surface area contributed by atoms with Gasteiger partial charge in [0.05, 0.1) is 16.8 Å². The minimum atomic E-state index is -1.09. The molecular formula is C44H61BFN3O2. The zero-order chi connectivity index (χ0) is 38.7. The maximum atomic E-state index is 16.0. The Labute approximate surface area is 308 Å². The molecule has 0 atom stereocenters. The van der Waals surface area contributed by atoms with Crippen LogP contribution in [0.3, 0.4) is 0 Å². The molecular weight excluding hydrogens is 632 g/mol. The van der Waals surface area contributed by atoms with E-state index in [1.54, 1.807) is 26.0 Å². The molecule has 274 valence electrons. The first-order chi connectivity index (χ1) is 23.0. The topological polar surface area (TPSA) is 68.1 Å². The summed E-state index contributed by atoms with van der Waals surface area (Å²) in [4.78, 5) is 15.2. The van der Waals surface area contributed by atoms with Gasteiger partial charge in [-0.05, 0) is 107 Å². The number of aliphatic hydroxyl groups is 1. The van der Waals surface area contributed by atoms with Crippen LogP contribution in [-0.2, 0) is 26.3 Å². The Morgan fingerprint density at radius 1 is 0.529 bits per heavy atom. The Bertz CT molecular complexity index is 1740. The second-order valence-electron chi connectivity index (χ2n) is 19.5. The van der Waals surface area contributed by atoms with Crippen LogP contribution in [-0.4, -0.2) is 38.2 Å². The van der Waals surface area contributed by atoms with Crippen molar-refractivity contribution >= 4 is 12.4 Å². The Balaban J connectivity index is 2.06. The third-order valence-corrected chi connectivity index (χ3v) is 10.1. The van der Waals surface area contributed by atoms with Crippen LogP contribution in [0.15, 0.2) is 54.6 Å². The third-order valence-electron chi connectivity index (χ3n) is 10.1. The molecule has 3 aromatic carbocycles. The summed E-state index contributed by atoms with van der Waals surface area (Å²) in [6, 6.07) is 18.1. The van der Waals surface area contributed by atoms with E-state index in [-0.39, 0.29) is 33.0 Å². The third kappa shape index (κ3) is 9.34. The predicted molar refractivity (Wildman–Crippen MR) is 214 cm³/mol. The molecule has 0 bridgehead atoms. The minimum Gasteiger partial charge on any atom is -0.423 e. The van der Waals surface area contributed by atoms with Gasteiger partial charge in [-0.25, -0.2) is 19.3 Å². The average Bonchev–Trinajstić information content (AvgIpc) is 2.98. The quantitative estimate of drug-likeness (QED) is 0.195. The smallest absolute Gasteiger partial charge is 0.324 e. The van der Waals surface area contributed by atoms with Gasteiger partial charge in [-0.2, -0.15) is 0 Å². The Hall–Kier alpha value is -3.42. The van der Waals surface area contributed by atoms with Gasteiger partial charge in [0.1, 0.15) is 5.82 Å². The maximum absolute atomic E-state index is 16.0. The normalized spacial score (nSPS) is 13.5. The van der Waals surface area contributed by atoms with E-state index in [4.69, 9.17) is 19.6 Å². The first-order valence-electron chi connectivity index (χ1n) is 18.3. The number of hydrogen-bond donors (Lipinski definition) is 1. The van der Waals surface area contributed by atoms with E-state index >= 15 is 4.39 Å². The van der Waals surface area contributed by atoms with Crippen molar-refractivity contribution in [3.8, 4) is 34.2 Å². The molecule has 0 unspecified atom stereocenters. The molecule has 0 amide bonds. The van der Waals surface area contributed by atoms with E-state index < -0.39 is 23.9 Å². The largest absolute Gasteiger partial charge is 0.423 e. The Morgan fingerprint density at radius 2 is 0.882 bits per heavy atom. The van der Waals surface area contributed by atoms with Crippen LogP contribution in [0.4, 0.5) is 4.39 Å². The van der Waals surface area contributed by atoms with Crippen LogP contribution in [0.5, 0.6) is 0 Å².